The molecular formula is C12H8O2. The summed E-state index contributed by atoms with van der Waals surface area (Å²) in [6.45, 7) is 0. The van der Waals surface area contributed by atoms with E-state index in [1.807, 2.05) is 0 Å². The van der Waals surface area contributed by atoms with Crippen LogP contribution in [-0.2, 0) is 0 Å². The fraction of sp³-hybridized carbons (Fsp3) is 0.167. The number of Topliss-reactive ketones (excluding diaryl/α,β-unsaturated/α-hetero) is 2. The average molecular weight is 184 g/mol. The molecule has 68 valence electrons. The Labute approximate surface area is 81.9 Å². The first-order chi connectivity index (χ1) is 6.75. The van der Waals surface area contributed by atoms with Crippen molar-refractivity contribution in [3.05, 3.63) is 35.4 Å². The van der Waals surface area contributed by atoms with E-state index in [1.165, 1.54) is 0 Å². The number of fused-ring (bicyclic) bond motifs is 1. The van der Waals surface area contributed by atoms with E-state index in [2.05, 4.69) is 5.92 Å². The Kier molecular flexibility index (Phi) is 1.94. The maximum Gasteiger partial charge on any atom is 0.175 e. The topological polar surface area (TPSA) is 34.1 Å². The fourth-order valence-corrected chi connectivity index (χ4v) is 1.71. The van der Waals surface area contributed by atoms with Crippen molar-refractivity contribution in [1.82, 2.24) is 0 Å². The summed E-state index contributed by atoms with van der Waals surface area (Å²) in [5, 5.41) is 0. The van der Waals surface area contributed by atoms with E-state index in [4.69, 9.17) is 6.42 Å². The van der Waals surface area contributed by atoms with Gasteiger partial charge in [-0.1, -0.05) is 24.3 Å². The monoisotopic (exact) mass is 184 g/mol. The van der Waals surface area contributed by atoms with Gasteiger partial charge in [-0.25, -0.2) is 0 Å². The average Bonchev–Trinajstić information content (AvgIpc) is 2.45. The molecule has 0 aliphatic heterocycles. The Morgan fingerprint density at radius 1 is 1.14 bits per heavy atom. The molecule has 1 aromatic rings. The molecule has 2 heteroatoms. The maximum absolute atomic E-state index is 11.7. The van der Waals surface area contributed by atoms with E-state index in [9.17, 15) is 9.59 Å². The summed E-state index contributed by atoms with van der Waals surface area (Å²) >= 11 is 0. The number of benzene rings is 1. The molecule has 0 unspecified atom stereocenters. The second-order valence-electron chi connectivity index (χ2n) is 3.23. The standard InChI is InChI=1S/C12H8O2/c1-2-5-10-11(13)8-6-3-4-7-9(8)12(10)14/h1,3-4,6-7,10H,5H2. The highest BCUT2D eigenvalue weighted by Crippen LogP contribution is 2.28. The fourth-order valence-electron chi connectivity index (χ4n) is 1.71. The smallest absolute Gasteiger partial charge is 0.175 e. The molecule has 0 bridgehead atoms. The molecule has 0 spiro atoms. The van der Waals surface area contributed by atoms with E-state index >= 15 is 0 Å². The number of hydrogen-bond donors (Lipinski definition) is 0. The van der Waals surface area contributed by atoms with Crippen LogP contribution in [-0.4, -0.2) is 11.6 Å². The predicted molar refractivity (Wildman–Crippen MR) is 52.0 cm³/mol. The highest BCUT2D eigenvalue weighted by atomic mass is 16.2. The summed E-state index contributed by atoms with van der Waals surface area (Å²) < 4.78 is 0. The second kappa shape index (κ2) is 3.12. The van der Waals surface area contributed by atoms with Gasteiger partial charge in [-0.2, -0.15) is 0 Å². The van der Waals surface area contributed by atoms with Gasteiger partial charge in [0.2, 0.25) is 0 Å². The van der Waals surface area contributed by atoms with Crippen molar-refractivity contribution < 1.29 is 9.59 Å². The van der Waals surface area contributed by atoms with Crippen LogP contribution in [0.1, 0.15) is 27.1 Å². The van der Waals surface area contributed by atoms with Gasteiger partial charge in [0, 0.05) is 17.5 Å². The van der Waals surface area contributed by atoms with E-state index in [-0.39, 0.29) is 18.0 Å². The summed E-state index contributed by atoms with van der Waals surface area (Å²) in [5.74, 6) is 1.45. The predicted octanol–water partition coefficient (Wildman–Crippen LogP) is 1.71. The number of carbonyl (C=O) groups is 2. The molecule has 14 heavy (non-hydrogen) atoms. The van der Waals surface area contributed by atoms with Crippen LogP contribution in [0.3, 0.4) is 0 Å². The first-order valence-corrected chi connectivity index (χ1v) is 4.36. The van der Waals surface area contributed by atoms with Crippen LogP contribution < -0.4 is 0 Å². The highest BCUT2D eigenvalue weighted by Gasteiger charge is 2.37. The first kappa shape index (κ1) is 8.71. The molecule has 0 heterocycles. The minimum atomic E-state index is -0.641. The van der Waals surface area contributed by atoms with Crippen LogP contribution >= 0.6 is 0 Å². The molecule has 2 rings (SSSR count). The molecular weight excluding hydrogens is 176 g/mol. The Morgan fingerprint density at radius 3 is 2.07 bits per heavy atom. The molecule has 0 saturated carbocycles. The van der Waals surface area contributed by atoms with Crippen molar-refractivity contribution in [2.45, 2.75) is 6.42 Å². The molecule has 2 nitrogen and oxygen atoms in total. The molecule has 0 saturated heterocycles. The van der Waals surface area contributed by atoms with Crippen molar-refractivity contribution >= 4 is 11.6 Å². The lowest BCUT2D eigenvalue weighted by molar-refractivity contribution is 0.0842. The van der Waals surface area contributed by atoms with E-state index in [0.29, 0.717) is 11.1 Å². The molecule has 0 atom stereocenters. The van der Waals surface area contributed by atoms with Crippen LogP contribution in [0.4, 0.5) is 0 Å². The Morgan fingerprint density at radius 2 is 1.64 bits per heavy atom. The molecule has 0 N–H and O–H groups in total. The van der Waals surface area contributed by atoms with Gasteiger partial charge in [-0.05, 0) is 0 Å². The summed E-state index contributed by atoms with van der Waals surface area (Å²) in [6.07, 6.45) is 5.31. The number of ketones is 2. The van der Waals surface area contributed by atoms with Crippen LogP contribution in [0.5, 0.6) is 0 Å². The Hall–Kier alpha value is -1.88. The summed E-state index contributed by atoms with van der Waals surface area (Å²) in [4.78, 5) is 23.4. The number of hydrogen-bond acceptors (Lipinski definition) is 2. The molecule has 1 aliphatic carbocycles. The zero-order chi connectivity index (χ0) is 10.1. The van der Waals surface area contributed by atoms with Crippen molar-refractivity contribution in [3.8, 4) is 12.3 Å². The van der Waals surface area contributed by atoms with Crippen molar-refractivity contribution in [2.75, 3.05) is 0 Å². The minimum absolute atomic E-state index is 0.136. The third-order valence-electron chi connectivity index (χ3n) is 2.41. The summed E-state index contributed by atoms with van der Waals surface area (Å²) in [7, 11) is 0. The number of rotatable bonds is 1. The van der Waals surface area contributed by atoms with Gasteiger partial charge >= 0.3 is 0 Å². The molecule has 0 fully saturated rings. The highest BCUT2D eigenvalue weighted by molar-refractivity contribution is 6.26. The molecule has 1 aromatic carbocycles. The lowest BCUT2D eigenvalue weighted by atomic mass is 10.0. The molecule has 0 radical (unpaired) electrons. The van der Waals surface area contributed by atoms with Gasteiger partial charge in [0.25, 0.3) is 0 Å². The van der Waals surface area contributed by atoms with Gasteiger partial charge in [0.15, 0.2) is 11.6 Å². The van der Waals surface area contributed by atoms with Gasteiger partial charge in [0.05, 0.1) is 5.92 Å². The summed E-state index contributed by atoms with van der Waals surface area (Å²) in [6, 6.07) is 6.85. The second-order valence-corrected chi connectivity index (χ2v) is 3.23. The van der Waals surface area contributed by atoms with E-state index in [1.54, 1.807) is 24.3 Å². The third kappa shape index (κ3) is 1.06. The van der Waals surface area contributed by atoms with Crippen LogP contribution in [0.2, 0.25) is 0 Å². The lowest BCUT2D eigenvalue weighted by Crippen LogP contribution is -2.13. The Bertz CT molecular complexity index is 417. The zero-order valence-electron chi connectivity index (χ0n) is 7.49. The van der Waals surface area contributed by atoms with Gasteiger partial charge in [-0.15, -0.1) is 12.3 Å². The minimum Gasteiger partial charge on any atom is -0.293 e. The van der Waals surface area contributed by atoms with Gasteiger partial charge < -0.3 is 0 Å². The first-order valence-electron chi connectivity index (χ1n) is 4.36. The Balaban J connectivity index is 2.49. The lowest BCUT2D eigenvalue weighted by Gasteiger charge is -1.98. The molecule has 0 aromatic heterocycles. The largest absolute Gasteiger partial charge is 0.293 e. The van der Waals surface area contributed by atoms with Crippen molar-refractivity contribution in [1.29, 1.82) is 0 Å². The van der Waals surface area contributed by atoms with E-state index < -0.39 is 5.92 Å². The molecule has 1 aliphatic rings. The molecule has 0 amide bonds. The zero-order valence-corrected chi connectivity index (χ0v) is 7.49. The quantitative estimate of drug-likeness (QED) is 0.491. The van der Waals surface area contributed by atoms with Gasteiger partial charge in [-0.3, -0.25) is 9.59 Å². The third-order valence-corrected chi connectivity index (χ3v) is 2.41. The van der Waals surface area contributed by atoms with E-state index in [0.717, 1.165) is 0 Å². The SMILES string of the molecule is C#CCC1C(=O)c2ccccc2C1=O. The van der Waals surface area contributed by atoms with Crippen molar-refractivity contribution in [2.24, 2.45) is 5.92 Å². The van der Waals surface area contributed by atoms with Crippen molar-refractivity contribution in [3.63, 3.8) is 0 Å². The number of terminal acetylenes is 1. The summed E-state index contributed by atoms with van der Waals surface area (Å²) in [5.41, 5.74) is 1.02. The van der Waals surface area contributed by atoms with Crippen LogP contribution in [0, 0.1) is 18.3 Å². The van der Waals surface area contributed by atoms with Crippen LogP contribution in [0.15, 0.2) is 24.3 Å². The maximum atomic E-state index is 11.7. The van der Waals surface area contributed by atoms with Crippen LogP contribution in [0.25, 0.3) is 0 Å². The normalized spacial score (nSPS) is 15.4. The number of carbonyl (C=O) groups excluding carboxylic acids is 2. The van der Waals surface area contributed by atoms with Gasteiger partial charge in [0.1, 0.15) is 0 Å².